The Bertz CT molecular complexity index is 270. The molecule has 0 aromatic rings. The lowest BCUT2D eigenvalue weighted by atomic mass is 10.1. The van der Waals surface area contributed by atoms with Crippen LogP contribution in [0.25, 0.3) is 0 Å². The Morgan fingerprint density at radius 1 is 1.06 bits per heavy atom. The van der Waals surface area contributed by atoms with Crippen LogP contribution in [0.5, 0.6) is 0 Å². The van der Waals surface area contributed by atoms with Gasteiger partial charge in [0.1, 0.15) is 5.60 Å². The highest BCUT2D eigenvalue weighted by atomic mass is 16.6. The van der Waals surface area contributed by atoms with Crippen LogP contribution < -0.4 is 16.7 Å². The van der Waals surface area contributed by atoms with Crippen molar-refractivity contribution in [2.45, 2.75) is 45.8 Å². The van der Waals surface area contributed by atoms with Crippen molar-refractivity contribution < 1.29 is 19.2 Å². The number of amides is 2. The predicted octanol–water partition coefficient (Wildman–Crippen LogP) is 0.211. The van der Waals surface area contributed by atoms with Gasteiger partial charge in [0.15, 0.2) is 5.60 Å². The van der Waals surface area contributed by atoms with Gasteiger partial charge in [-0.1, -0.05) is 0 Å². The van der Waals surface area contributed by atoms with Crippen LogP contribution in [0, 0.1) is 0 Å². The first kappa shape index (κ1) is 14.7. The van der Waals surface area contributed by atoms with Gasteiger partial charge in [0.05, 0.1) is 0 Å². The van der Waals surface area contributed by atoms with Crippen LogP contribution in [0.15, 0.2) is 0 Å². The van der Waals surface area contributed by atoms with Gasteiger partial charge in [-0.05, 0) is 34.6 Å². The molecule has 0 rings (SSSR count). The fraction of sp³-hybridized carbons (Fsp3) is 0.778. The van der Waals surface area contributed by atoms with Gasteiger partial charge in [-0.15, -0.1) is 0 Å². The molecule has 0 atom stereocenters. The van der Waals surface area contributed by atoms with Crippen molar-refractivity contribution in [2.75, 3.05) is 0 Å². The van der Waals surface area contributed by atoms with E-state index in [1.807, 2.05) is 0 Å². The number of ether oxygens (including phenoxy) is 1. The molecular formula is C9H19N3O4. The van der Waals surface area contributed by atoms with Crippen molar-refractivity contribution >= 4 is 12.0 Å². The van der Waals surface area contributed by atoms with E-state index < -0.39 is 23.2 Å². The number of hydrazine groups is 1. The summed E-state index contributed by atoms with van der Waals surface area (Å²) in [4.78, 5) is 27.0. The van der Waals surface area contributed by atoms with E-state index in [0.717, 1.165) is 0 Å². The Kier molecular flexibility index (Phi) is 4.70. The standard InChI is InChI=1S/C9H19N3O4/c1-8(2,3)15-7(14)12-11-6(13)9(4,5)16-10/h10H2,1-5H3,(H,11,13)(H,12,14). The van der Waals surface area contributed by atoms with Gasteiger partial charge >= 0.3 is 6.09 Å². The van der Waals surface area contributed by atoms with Crippen molar-refractivity contribution in [1.29, 1.82) is 0 Å². The fourth-order valence-electron chi connectivity index (χ4n) is 0.615. The second-order valence-corrected chi connectivity index (χ2v) is 4.71. The fourth-order valence-corrected chi connectivity index (χ4v) is 0.615. The highest BCUT2D eigenvalue weighted by Crippen LogP contribution is 2.07. The number of nitrogens with two attached hydrogens (primary N) is 1. The molecule has 16 heavy (non-hydrogen) atoms. The van der Waals surface area contributed by atoms with E-state index in [1.165, 1.54) is 13.8 Å². The molecule has 0 aliphatic carbocycles. The maximum absolute atomic E-state index is 11.4. The topological polar surface area (TPSA) is 103 Å². The summed E-state index contributed by atoms with van der Waals surface area (Å²) >= 11 is 0. The second kappa shape index (κ2) is 5.13. The Morgan fingerprint density at radius 2 is 1.56 bits per heavy atom. The molecule has 94 valence electrons. The highest BCUT2D eigenvalue weighted by molar-refractivity contribution is 5.85. The minimum Gasteiger partial charge on any atom is -0.443 e. The zero-order valence-electron chi connectivity index (χ0n) is 10.2. The Hall–Kier alpha value is -1.34. The van der Waals surface area contributed by atoms with Crippen molar-refractivity contribution in [3.05, 3.63) is 0 Å². The number of rotatable bonds is 2. The molecule has 0 unspecified atom stereocenters. The molecule has 0 fully saturated rings. The normalized spacial score (nSPS) is 11.9. The molecule has 0 saturated heterocycles. The average molecular weight is 233 g/mol. The first-order chi connectivity index (χ1) is 7.08. The lowest BCUT2D eigenvalue weighted by Crippen LogP contribution is -2.53. The van der Waals surface area contributed by atoms with Gasteiger partial charge < -0.3 is 4.74 Å². The minimum absolute atomic E-state index is 0.583. The van der Waals surface area contributed by atoms with E-state index in [0.29, 0.717) is 0 Å². The van der Waals surface area contributed by atoms with Crippen molar-refractivity contribution in [3.63, 3.8) is 0 Å². The molecule has 0 spiro atoms. The highest BCUT2D eigenvalue weighted by Gasteiger charge is 2.28. The Labute approximate surface area is 94.6 Å². The lowest BCUT2D eigenvalue weighted by molar-refractivity contribution is -0.144. The van der Waals surface area contributed by atoms with Gasteiger partial charge in [0, 0.05) is 0 Å². The molecule has 0 aromatic heterocycles. The molecule has 0 aromatic carbocycles. The third-order valence-corrected chi connectivity index (χ3v) is 1.52. The minimum atomic E-state index is -1.23. The average Bonchev–Trinajstić information content (AvgIpc) is 2.11. The molecule has 0 aliphatic heterocycles. The molecule has 0 heterocycles. The summed E-state index contributed by atoms with van der Waals surface area (Å²) in [6.07, 6.45) is -0.756. The van der Waals surface area contributed by atoms with Crippen molar-refractivity contribution in [3.8, 4) is 0 Å². The van der Waals surface area contributed by atoms with Crippen LogP contribution in [-0.2, 0) is 14.4 Å². The summed E-state index contributed by atoms with van der Waals surface area (Å²) in [5.74, 6) is 4.33. The monoisotopic (exact) mass is 233 g/mol. The predicted molar refractivity (Wildman–Crippen MR) is 56.9 cm³/mol. The van der Waals surface area contributed by atoms with E-state index >= 15 is 0 Å². The second-order valence-electron chi connectivity index (χ2n) is 4.71. The molecule has 7 heteroatoms. The maximum Gasteiger partial charge on any atom is 0.426 e. The first-order valence-corrected chi connectivity index (χ1v) is 4.76. The van der Waals surface area contributed by atoms with Crippen LogP contribution in [0.4, 0.5) is 4.79 Å². The quantitative estimate of drug-likeness (QED) is 0.592. The number of carbonyl (C=O) groups is 2. The van der Waals surface area contributed by atoms with Crippen LogP contribution >= 0.6 is 0 Å². The van der Waals surface area contributed by atoms with Gasteiger partial charge in [0.25, 0.3) is 5.91 Å². The number of hydrogen-bond donors (Lipinski definition) is 3. The molecule has 0 saturated carbocycles. The van der Waals surface area contributed by atoms with Gasteiger partial charge in [-0.25, -0.2) is 16.1 Å². The third kappa shape index (κ3) is 5.52. The zero-order valence-corrected chi connectivity index (χ0v) is 10.2. The molecular weight excluding hydrogens is 214 g/mol. The zero-order chi connectivity index (χ0) is 13.0. The summed E-state index contributed by atoms with van der Waals surface area (Å²) < 4.78 is 4.90. The molecule has 0 bridgehead atoms. The number of hydrogen-bond acceptors (Lipinski definition) is 5. The summed E-state index contributed by atoms with van der Waals surface area (Å²) in [5.41, 5.74) is 2.35. The van der Waals surface area contributed by atoms with Crippen LogP contribution in [-0.4, -0.2) is 23.2 Å². The lowest BCUT2D eigenvalue weighted by Gasteiger charge is -2.23. The van der Waals surface area contributed by atoms with Crippen molar-refractivity contribution in [1.82, 2.24) is 10.9 Å². The Morgan fingerprint density at radius 3 is 1.94 bits per heavy atom. The first-order valence-electron chi connectivity index (χ1n) is 4.76. The molecule has 2 amide bonds. The van der Waals surface area contributed by atoms with Crippen LogP contribution in [0.3, 0.4) is 0 Å². The van der Waals surface area contributed by atoms with Gasteiger partial charge in [-0.2, -0.15) is 0 Å². The van der Waals surface area contributed by atoms with E-state index in [1.54, 1.807) is 20.8 Å². The summed E-state index contributed by atoms with van der Waals surface area (Å²) in [6.45, 7) is 8.04. The molecule has 0 aliphatic rings. The summed E-state index contributed by atoms with van der Waals surface area (Å²) in [7, 11) is 0. The van der Waals surface area contributed by atoms with E-state index in [4.69, 9.17) is 10.6 Å². The summed E-state index contributed by atoms with van der Waals surface area (Å²) in [5, 5.41) is 0. The van der Waals surface area contributed by atoms with E-state index in [2.05, 4.69) is 15.7 Å². The maximum atomic E-state index is 11.4. The van der Waals surface area contributed by atoms with Gasteiger partial charge in [0.2, 0.25) is 0 Å². The molecule has 4 N–H and O–H groups in total. The van der Waals surface area contributed by atoms with E-state index in [-0.39, 0.29) is 0 Å². The summed E-state index contributed by atoms with van der Waals surface area (Å²) in [6, 6.07) is 0. The van der Waals surface area contributed by atoms with Crippen LogP contribution in [0.1, 0.15) is 34.6 Å². The molecule has 7 nitrogen and oxygen atoms in total. The van der Waals surface area contributed by atoms with Crippen LogP contribution in [0.2, 0.25) is 0 Å². The Balaban J connectivity index is 4.08. The van der Waals surface area contributed by atoms with Crippen molar-refractivity contribution in [2.24, 2.45) is 5.90 Å². The smallest absolute Gasteiger partial charge is 0.426 e. The van der Waals surface area contributed by atoms with Gasteiger partial charge in [-0.3, -0.25) is 15.1 Å². The third-order valence-electron chi connectivity index (χ3n) is 1.52. The van der Waals surface area contributed by atoms with E-state index in [9.17, 15) is 9.59 Å². The number of carbonyl (C=O) groups excluding carboxylic acids is 2. The largest absolute Gasteiger partial charge is 0.443 e. The molecule has 0 radical (unpaired) electrons. The SMILES string of the molecule is CC(C)(C)OC(=O)NNC(=O)C(C)(C)ON. The number of nitrogens with one attached hydrogen (secondary N) is 2.